The molecule has 0 unspecified atom stereocenters. The minimum atomic E-state index is -1.04. The molecule has 1 amide bonds. The highest BCUT2D eigenvalue weighted by Gasteiger charge is 2.36. The van der Waals surface area contributed by atoms with Crippen molar-refractivity contribution in [2.24, 2.45) is 0 Å². The summed E-state index contributed by atoms with van der Waals surface area (Å²) in [4.78, 5) is 26.9. The Bertz CT molecular complexity index is 979. The number of carboxylic acids is 1. The first-order valence-corrected chi connectivity index (χ1v) is 12.8. The van der Waals surface area contributed by atoms with Crippen molar-refractivity contribution in [3.8, 4) is 5.75 Å². The van der Waals surface area contributed by atoms with Crippen molar-refractivity contribution in [1.82, 2.24) is 0 Å². The second-order valence-corrected chi connectivity index (χ2v) is 9.48. The molecule has 1 fully saturated rings. The highest BCUT2D eigenvalue weighted by atomic mass is 127. The summed E-state index contributed by atoms with van der Waals surface area (Å²) in [5.74, 6) is -0.371. The molecule has 0 aromatic heterocycles. The van der Waals surface area contributed by atoms with Crippen molar-refractivity contribution >= 4 is 51.9 Å². The van der Waals surface area contributed by atoms with Gasteiger partial charge < -0.3 is 19.3 Å². The first kappa shape index (κ1) is 23.3. The van der Waals surface area contributed by atoms with Crippen LogP contribution >= 0.6 is 34.4 Å². The molecule has 2 aromatic carbocycles. The summed E-state index contributed by atoms with van der Waals surface area (Å²) >= 11 is 3.66. The summed E-state index contributed by atoms with van der Waals surface area (Å²) in [6, 6.07) is 13.6. The van der Waals surface area contributed by atoms with Gasteiger partial charge >= 0.3 is 5.97 Å². The van der Waals surface area contributed by atoms with E-state index in [1.54, 1.807) is 6.07 Å². The summed E-state index contributed by atoms with van der Waals surface area (Å²) in [5.41, 5.74) is 2.56. The topological polar surface area (TPSA) is 85.3 Å². The van der Waals surface area contributed by atoms with E-state index >= 15 is 0 Å². The number of halogens is 1. The van der Waals surface area contributed by atoms with E-state index in [2.05, 4.69) is 22.6 Å². The van der Waals surface area contributed by atoms with Crippen LogP contribution in [0.15, 0.2) is 47.4 Å². The molecule has 2 aliphatic rings. The van der Waals surface area contributed by atoms with Crippen LogP contribution in [0.4, 0.5) is 5.69 Å². The van der Waals surface area contributed by atoms with Gasteiger partial charge in [-0.3, -0.25) is 14.5 Å². The van der Waals surface area contributed by atoms with Crippen molar-refractivity contribution in [2.45, 2.75) is 48.9 Å². The van der Waals surface area contributed by atoms with Crippen molar-refractivity contribution < 1.29 is 28.9 Å². The molecule has 0 spiro atoms. The van der Waals surface area contributed by atoms with Gasteiger partial charge in [0.05, 0.1) is 10.9 Å². The third-order valence-corrected chi connectivity index (χ3v) is 6.99. The molecule has 0 bridgehead atoms. The van der Waals surface area contributed by atoms with Gasteiger partial charge in [-0.15, -0.1) is 11.8 Å². The number of nitrogens with zero attached hydrogens (tertiary/aromatic N) is 1. The number of rotatable bonds is 9. The lowest BCUT2D eigenvalue weighted by molar-refractivity contribution is -0.382. The second-order valence-electron chi connectivity index (χ2n) is 7.61. The van der Waals surface area contributed by atoms with Gasteiger partial charge in [-0.25, -0.2) is 0 Å². The van der Waals surface area contributed by atoms with Crippen LogP contribution in [0, 0.1) is 0 Å². The molecule has 32 heavy (non-hydrogen) atoms. The SMILES string of the molecule is CC1OC(c2ccc3c(c2)N(CC(=O)O)C(=O)[C@H](CCCc2ccc(OCI)cc2)S3)O1. The van der Waals surface area contributed by atoms with Crippen LogP contribution in [0.3, 0.4) is 0 Å². The predicted octanol–water partition coefficient (Wildman–Crippen LogP) is 4.76. The van der Waals surface area contributed by atoms with E-state index in [9.17, 15) is 14.7 Å². The first-order valence-electron chi connectivity index (χ1n) is 10.4. The zero-order valence-electron chi connectivity index (χ0n) is 17.5. The molecule has 2 aromatic rings. The molecule has 0 radical (unpaired) electrons. The molecule has 4 rings (SSSR count). The molecule has 0 aliphatic carbocycles. The van der Waals surface area contributed by atoms with Crippen LogP contribution in [0.5, 0.6) is 5.75 Å². The van der Waals surface area contributed by atoms with Gasteiger partial charge in [0.2, 0.25) is 5.91 Å². The Labute approximate surface area is 204 Å². The Morgan fingerprint density at radius 2 is 1.97 bits per heavy atom. The van der Waals surface area contributed by atoms with Crippen LogP contribution in [-0.4, -0.2) is 39.7 Å². The molecule has 1 N–H and O–H groups in total. The van der Waals surface area contributed by atoms with Crippen LogP contribution in [0.25, 0.3) is 0 Å². The molecule has 2 aliphatic heterocycles. The summed E-state index contributed by atoms with van der Waals surface area (Å²) in [6.45, 7) is 1.44. The Morgan fingerprint density at radius 3 is 2.62 bits per heavy atom. The highest BCUT2D eigenvalue weighted by molar-refractivity contribution is 14.1. The highest BCUT2D eigenvalue weighted by Crippen LogP contribution is 2.43. The molecule has 1 saturated heterocycles. The smallest absolute Gasteiger partial charge is 0.323 e. The van der Waals surface area contributed by atoms with E-state index in [-0.39, 0.29) is 24.0 Å². The van der Waals surface area contributed by atoms with Crippen molar-refractivity contribution in [3.05, 3.63) is 53.6 Å². The lowest BCUT2D eigenvalue weighted by Gasteiger charge is -2.36. The number of ether oxygens (including phenoxy) is 3. The summed E-state index contributed by atoms with van der Waals surface area (Å²) in [6.07, 6.45) is 1.59. The van der Waals surface area contributed by atoms with Gasteiger partial charge in [0.15, 0.2) is 12.6 Å². The van der Waals surface area contributed by atoms with Gasteiger partial charge in [0.1, 0.15) is 16.9 Å². The van der Waals surface area contributed by atoms with Gasteiger partial charge in [0, 0.05) is 10.5 Å². The largest absolute Gasteiger partial charge is 0.483 e. The van der Waals surface area contributed by atoms with Crippen LogP contribution in [0.1, 0.15) is 37.2 Å². The number of amides is 1. The average molecular weight is 569 g/mol. The van der Waals surface area contributed by atoms with E-state index < -0.39 is 12.3 Å². The summed E-state index contributed by atoms with van der Waals surface area (Å²) in [5, 5.41) is 9.08. The van der Waals surface area contributed by atoms with Crippen LogP contribution in [-0.2, 0) is 25.5 Å². The maximum atomic E-state index is 13.2. The number of aliphatic carboxylic acids is 1. The van der Waals surface area contributed by atoms with E-state index in [1.807, 2.05) is 43.3 Å². The van der Waals surface area contributed by atoms with E-state index in [0.29, 0.717) is 16.7 Å². The van der Waals surface area contributed by atoms with E-state index in [1.165, 1.54) is 22.2 Å². The molecule has 2 heterocycles. The second kappa shape index (κ2) is 10.4. The van der Waals surface area contributed by atoms with Gasteiger partial charge in [-0.1, -0.05) is 18.2 Å². The monoisotopic (exact) mass is 569 g/mol. The fourth-order valence-corrected chi connectivity index (χ4v) is 5.41. The Morgan fingerprint density at radius 1 is 1.22 bits per heavy atom. The van der Waals surface area contributed by atoms with Crippen LogP contribution < -0.4 is 9.64 Å². The molecular weight excluding hydrogens is 545 g/mol. The number of fused-ring (bicyclic) bond motifs is 1. The number of hydrogen-bond acceptors (Lipinski definition) is 6. The number of benzene rings is 2. The van der Waals surface area contributed by atoms with E-state index in [4.69, 9.17) is 14.2 Å². The summed E-state index contributed by atoms with van der Waals surface area (Å²) in [7, 11) is 0. The van der Waals surface area contributed by atoms with Crippen molar-refractivity contribution in [2.75, 3.05) is 16.1 Å². The van der Waals surface area contributed by atoms with Gasteiger partial charge in [0.25, 0.3) is 0 Å². The number of carbonyl (C=O) groups is 2. The predicted molar refractivity (Wildman–Crippen MR) is 129 cm³/mol. The molecule has 7 nitrogen and oxygen atoms in total. The summed E-state index contributed by atoms with van der Waals surface area (Å²) < 4.78 is 17.1. The number of thioether (sulfide) groups is 1. The third kappa shape index (κ3) is 5.38. The number of anilines is 1. The lowest BCUT2D eigenvalue weighted by Crippen LogP contribution is -2.44. The number of alkyl halides is 1. The number of hydrogen-bond donors (Lipinski definition) is 1. The lowest BCUT2D eigenvalue weighted by atomic mass is 10.1. The molecule has 1 atom stereocenters. The Balaban J connectivity index is 1.44. The zero-order chi connectivity index (χ0) is 22.7. The maximum absolute atomic E-state index is 13.2. The Hall–Kier alpha value is -1.82. The fourth-order valence-electron chi connectivity index (χ4n) is 3.79. The van der Waals surface area contributed by atoms with Crippen molar-refractivity contribution in [1.29, 1.82) is 0 Å². The standard InChI is InChI=1S/C23H24INO6S/c1-14-30-23(31-14)16-7-10-19-18(11-16)25(12-21(26)27)22(28)20(32-19)4-2-3-15-5-8-17(9-6-15)29-13-24/h5-11,14,20,23H,2-4,12-13H2,1H3,(H,26,27)/t14?,20-,23?/m0/s1. The number of aryl methyl sites for hydroxylation is 1. The third-order valence-electron chi connectivity index (χ3n) is 5.36. The molecule has 170 valence electrons. The van der Waals surface area contributed by atoms with Gasteiger partial charge in [-0.2, -0.15) is 0 Å². The van der Waals surface area contributed by atoms with Crippen LogP contribution in [0.2, 0.25) is 0 Å². The van der Waals surface area contributed by atoms with Crippen molar-refractivity contribution in [3.63, 3.8) is 0 Å². The molecular formula is C23H24INO6S. The molecule has 0 saturated carbocycles. The fraction of sp³-hybridized carbons (Fsp3) is 0.391. The quantitative estimate of drug-likeness (QED) is 0.344. The average Bonchev–Trinajstić information content (AvgIpc) is 2.75. The first-order chi connectivity index (χ1) is 15.4. The Kier molecular flexibility index (Phi) is 7.59. The number of carboxylic acid groups (broad SMARTS) is 1. The normalized spacial score (nSPS) is 22.2. The zero-order valence-corrected chi connectivity index (χ0v) is 20.5. The van der Waals surface area contributed by atoms with Gasteiger partial charge in [-0.05, 0) is 78.6 Å². The molecule has 9 heteroatoms. The minimum absolute atomic E-state index is 0.170. The number of carbonyl (C=O) groups excluding carboxylic acids is 1. The minimum Gasteiger partial charge on any atom is -0.483 e. The van der Waals surface area contributed by atoms with E-state index in [0.717, 1.165) is 29.1 Å². The maximum Gasteiger partial charge on any atom is 0.323 e.